The number of rotatable bonds is 9. The topological polar surface area (TPSA) is 56.2 Å². The molecule has 1 aliphatic heterocycles. The molecule has 2 aromatic rings. The van der Waals surface area contributed by atoms with E-state index in [1.807, 2.05) is 12.1 Å². The summed E-state index contributed by atoms with van der Waals surface area (Å²) in [4.78, 5) is 6.34. The molecule has 2 N–H and O–H groups in total. The first kappa shape index (κ1) is 19.3. The van der Waals surface area contributed by atoms with E-state index in [0.717, 1.165) is 44.9 Å². The highest BCUT2D eigenvalue weighted by Gasteiger charge is 2.26. The first-order chi connectivity index (χ1) is 12.8. The summed E-state index contributed by atoms with van der Waals surface area (Å²) in [6.07, 6.45) is 0.807. The highest BCUT2D eigenvalue weighted by Crippen LogP contribution is 2.21. The van der Waals surface area contributed by atoms with E-state index in [2.05, 4.69) is 39.4 Å². The summed E-state index contributed by atoms with van der Waals surface area (Å²) in [5, 5.41) is 20.5. The van der Waals surface area contributed by atoms with E-state index in [-0.39, 0.29) is 13.2 Å². The van der Waals surface area contributed by atoms with E-state index in [1.165, 1.54) is 10.4 Å². The lowest BCUT2D eigenvalue weighted by Gasteiger charge is -2.41. The van der Waals surface area contributed by atoms with Gasteiger partial charge < -0.3 is 14.9 Å². The lowest BCUT2D eigenvalue weighted by molar-refractivity contribution is 0.0506. The number of benzene rings is 1. The standard InChI is InChI=1S/C20H28N2O3S/c23-9-6-18-15-21(7-8-22(18)16-20-5-2-12-26-20)14-17-3-1-4-19(13-17)25-11-10-24/h1-5,12-13,18,23-24H,6-11,14-16H2/t18-/m0/s1. The van der Waals surface area contributed by atoms with Crippen molar-refractivity contribution >= 4 is 11.3 Å². The van der Waals surface area contributed by atoms with Gasteiger partial charge in [0.05, 0.1) is 6.61 Å². The van der Waals surface area contributed by atoms with E-state index in [4.69, 9.17) is 9.84 Å². The Morgan fingerprint density at radius 2 is 2.00 bits per heavy atom. The van der Waals surface area contributed by atoms with Crippen LogP contribution in [0.5, 0.6) is 5.75 Å². The Bertz CT molecular complexity index is 650. The van der Waals surface area contributed by atoms with Crippen molar-refractivity contribution in [2.45, 2.75) is 25.6 Å². The molecule has 3 rings (SSSR count). The maximum absolute atomic E-state index is 9.48. The van der Waals surface area contributed by atoms with E-state index < -0.39 is 0 Å². The summed E-state index contributed by atoms with van der Waals surface area (Å²) in [7, 11) is 0. The predicted molar refractivity (Wildman–Crippen MR) is 105 cm³/mol. The molecule has 2 heterocycles. The normalized spacial score (nSPS) is 18.9. The minimum absolute atomic E-state index is 0.0271. The monoisotopic (exact) mass is 376 g/mol. The van der Waals surface area contributed by atoms with Crippen LogP contribution in [0, 0.1) is 0 Å². The van der Waals surface area contributed by atoms with Gasteiger partial charge in [-0.15, -0.1) is 11.3 Å². The number of aliphatic hydroxyl groups excluding tert-OH is 2. The van der Waals surface area contributed by atoms with Gasteiger partial charge in [-0.1, -0.05) is 18.2 Å². The second-order valence-electron chi connectivity index (χ2n) is 6.67. The summed E-state index contributed by atoms with van der Waals surface area (Å²) in [6.45, 7) is 5.43. The van der Waals surface area contributed by atoms with Gasteiger partial charge in [0.25, 0.3) is 0 Å². The van der Waals surface area contributed by atoms with E-state index in [0.29, 0.717) is 12.6 Å². The van der Waals surface area contributed by atoms with Gasteiger partial charge >= 0.3 is 0 Å². The molecular formula is C20H28N2O3S. The molecule has 0 saturated carbocycles. The van der Waals surface area contributed by atoms with Crippen LogP contribution in [-0.4, -0.2) is 65.5 Å². The number of thiophene rings is 1. The molecule has 1 aliphatic rings. The molecule has 0 amide bonds. The molecule has 5 nitrogen and oxygen atoms in total. The molecule has 1 aromatic carbocycles. The molecule has 1 atom stereocenters. The van der Waals surface area contributed by atoms with Crippen LogP contribution in [0.25, 0.3) is 0 Å². The molecule has 26 heavy (non-hydrogen) atoms. The molecular weight excluding hydrogens is 348 g/mol. The van der Waals surface area contributed by atoms with Crippen LogP contribution >= 0.6 is 11.3 Å². The second-order valence-corrected chi connectivity index (χ2v) is 7.70. The van der Waals surface area contributed by atoms with Gasteiger partial charge in [0.2, 0.25) is 0 Å². The Morgan fingerprint density at radius 1 is 1.08 bits per heavy atom. The van der Waals surface area contributed by atoms with Crippen molar-refractivity contribution in [3.05, 3.63) is 52.2 Å². The molecule has 0 bridgehead atoms. The van der Waals surface area contributed by atoms with Crippen LogP contribution in [0.4, 0.5) is 0 Å². The fourth-order valence-corrected chi connectivity index (χ4v) is 4.22. The van der Waals surface area contributed by atoms with E-state index >= 15 is 0 Å². The number of ether oxygens (including phenoxy) is 1. The Labute approximate surface area is 159 Å². The maximum atomic E-state index is 9.48. The fourth-order valence-electron chi connectivity index (χ4n) is 3.49. The maximum Gasteiger partial charge on any atom is 0.119 e. The minimum atomic E-state index is 0.0271. The minimum Gasteiger partial charge on any atom is -0.491 e. The number of hydrogen-bond donors (Lipinski definition) is 2. The van der Waals surface area contributed by atoms with Crippen molar-refractivity contribution in [3.8, 4) is 5.75 Å². The van der Waals surface area contributed by atoms with Gasteiger partial charge in [-0.2, -0.15) is 0 Å². The SMILES string of the molecule is OCCOc1cccc(CN2CCN(Cc3cccs3)[C@@H](CCO)C2)c1. The summed E-state index contributed by atoms with van der Waals surface area (Å²) < 4.78 is 5.51. The van der Waals surface area contributed by atoms with Gasteiger partial charge in [0, 0.05) is 50.2 Å². The number of aliphatic hydroxyl groups is 2. The fraction of sp³-hybridized carbons (Fsp3) is 0.500. The molecule has 6 heteroatoms. The smallest absolute Gasteiger partial charge is 0.119 e. The second kappa shape index (κ2) is 10.0. The Morgan fingerprint density at radius 3 is 2.77 bits per heavy atom. The lowest BCUT2D eigenvalue weighted by Crippen LogP contribution is -2.52. The van der Waals surface area contributed by atoms with Gasteiger partial charge in [0.15, 0.2) is 0 Å². The average molecular weight is 377 g/mol. The number of piperazine rings is 1. The lowest BCUT2D eigenvalue weighted by atomic mass is 10.1. The van der Waals surface area contributed by atoms with Gasteiger partial charge in [-0.05, 0) is 35.6 Å². The summed E-state index contributed by atoms with van der Waals surface area (Å²) >= 11 is 1.80. The zero-order chi connectivity index (χ0) is 18.2. The van der Waals surface area contributed by atoms with Crippen LogP contribution < -0.4 is 4.74 Å². The summed E-state index contributed by atoms with van der Waals surface area (Å²) in [5.74, 6) is 0.805. The molecule has 0 spiro atoms. The van der Waals surface area contributed by atoms with Crippen LogP contribution in [0.15, 0.2) is 41.8 Å². The molecule has 1 fully saturated rings. The highest BCUT2D eigenvalue weighted by molar-refractivity contribution is 7.09. The molecule has 0 aliphatic carbocycles. The largest absolute Gasteiger partial charge is 0.491 e. The molecule has 1 aromatic heterocycles. The van der Waals surface area contributed by atoms with Crippen LogP contribution in [0.1, 0.15) is 16.9 Å². The van der Waals surface area contributed by atoms with E-state index in [9.17, 15) is 5.11 Å². The third-order valence-corrected chi connectivity index (χ3v) is 5.62. The summed E-state index contributed by atoms with van der Waals surface area (Å²) in [6, 6.07) is 12.8. The van der Waals surface area contributed by atoms with Crippen molar-refractivity contribution in [1.29, 1.82) is 0 Å². The van der Waals surface area contributed by atoms with Crippen molar-refractivity contribution < 1.29 is 14.9 Å². The van der Waals surface area contributed by atoms with Crippen molar-refractivity contribution in [1.82, 2.24) is 9.80 Å². The summed E-state index contributed by atoms with van der Waals surface area (Å²) in [5.41, 5.74) is 1.22. The van der Waals surface area contributed by atoms with Crippen LogP contribution in [0.3, 0.4) is 0 Å². The molecule has 1 saturated heterocycles. The predicted octanol–water partition coefficient (Wildman–Crippen LogP) is 2.19. The first-order valence-electron chi connectivity index (χ1n) is 9.20. The highest BCUT2D eigenvalue weighted by atomic mass is 32.1. The zero-order valence-electron chi connectivity index (χ0n) is 15.1. The Balaban J connectivity index is 1.58. The zero-order valence-corrected chi connectivity index (χ0v) is 15.9. The first-order valence-corrected chi connectivity index (χ1v) is 10.1. The average Bonchev–Trinajstić information content (AvgIpc) is 3.16. The third kappa shape index (κ3) is 5.53. The number of hydrogen-bond acceptors (Lipinski definition) is 6. The number of nitrogens with zero attached hydrogens (tertiary/aromatic N) is 2. The Hall–Kier alpha value is -1.44. The van der Waals surface area contributed by atoms with Gasteiger partial charge in [0.1, 0.15) is 12.4 Å². The molecule has 0 radical (unpaired) electrons. The van der Waals surface area contributed by atoms with Crippen molar-refractivity contribution in [2.24, 2.45) is 0 Å². The quantitative estimate of drug-likeness (QED) is 0.703. The van der Waals surface area contributed by atoms with Gasteiger partial charge in [-0.3, -0.25) is 9.80 Å². The molecule has 142 valence electrons. The Kier molecular flexibility index (Phi) is 7.46. The van der Waals surface area contributed by atoms with Crippen molar-refractivity contribution in [3.63, 3.8) is 0 Å². The van der Waals surface area contributed by atoms with Crippen LogP contribution in [-0.2, 0) is 13.1 Å². The van der Waals surface area contributed by atoms with Crippen molar-refractivity contribution in [2.75, 3.05) is 39.5 Å². The third-order valence-electron chi connectivity index (χ3n) is 4.75. The molecule has 0 unspecified atom stereocenters. The van der Waals surface area contributed by atoms with Gasteiger partial charge in [-0.25, -0.2) is 0 Å². The van der Waals surface area contributed by atoms with Crippen LogP contribution in [0.2, 0.25) is 0 Å². The van der Waals surface area contributed by atoms with E-state index in [1.54, 1.807) is 11.3 Å².